The lowest BCUT2D eigenvalue weighted by Crippen LogP contribution is -2.24. The Morgan fingerprint density at radius 2 is 1.93 bits per heavy atom. The molecule has 2 rings (SSSR count). The minimum absolute atomic E-state index is 0.401. The summed E-state index contributed by atoms with van der Waals surface area (Å²) < 4.78 is 6.12. The van der Waals surface area contributed by atoms with Gasteiger partial charge in [-0.3, -0.25) is 0 Å². The SMILES string of the molecule is C=CCC(C)(O)c1cccc(Oc2cc(C)c(N=CN(C)C(C)C)cc2C)c1. The quantitative estimate of drug-likeness (QED) is 0.353. The third kappa shape index (κ3) is 5.46. The van der Waals surface area contributed by atoms with Crippen molar-refractivity contribution >= 4 is 12.0 Å². The van der Waals surface area contributed by atoms with Crippen LogP contribution < -0.4 is 4.74 Å². The zero-order chi connectivity index (χ0) is 20.9. The first kappa shape index (κ1) is 21.7. The molecular formula is C24H32N2O2. The van der Waals surface area contributed by atoms with Gasteiger partial charge in [-0.05, 0) is 82.0 Å². The molecule has 4 nitrogen and oxygen atoms in total. The Hall–Kier alpha value is -2.59. The number of hydrogen-bond acceptors (Lipinski definition) is 3. The van der Waals surface area contributed by atoms with E-state index in [1.54, 1.807) is 13.0 Å². The number of ether oxygens (including phenoxy) is 1. The van der Waals surface area contributed by atoms with Crippen molar-refractivity contribution in [3.8, 4) is 11.5 Å². The molecule has 0 heterocycles. The molecule has 2 aromatic carbocycles. The highest BCUT2D eigenvalue weighted by molar-refractivity contribution is 5.65. The molecule has 0 bridgehead atoms. The van der Waals surface area contributed by atoms with Gasteiger partial charge >= 0.3 is 0 Å². The molecule has 0 saturated heterocycles. The first-order valence-electron chi connectivity index (χ1n) is 9.63. The van der Waals surface area contributed by atoms with Gasteiger partial charge in [0, 0.05) is 13.1 Å². The number of aliphatic hydroxyl groups is 1. The molecule has 2 aromatic rings. The minimum Gasteiger partial charge on any atom is -0.457 e. The second-order valence-corrected chi connectivity index (χ2v) is 7.80. The van der Waals surface area contributed by atoms with Crippen molar-refractivity contribution in [3.63, 3.8) is 0 Å². The highest BCUT2D eigenvalue weighted by atomic mass is 16.5. The average molecular weight is 381 g/mol. The standard InChI is InChI=1S/C24H32N2O2/c1-8-12-24(6,27)20-10-9-11-21(15-20)28-23-14-18(4)22(13-19(23)5)25-16-26(7)17(2)3/h8-11,13-17,27H,1,12H2,2-7H3. The fourth-order valence-corrected chi connectivity index (χ4v) is 2.73. The van der Waals surface area contributed by atoms with E-state index < -0.39 is 5.60 Å². The lowest BCUT2D eigenvalue weighted by atomic mass is 9.92. The summed E-state index contributed by atoms with van der Waals surface area (Å²) in [6, 6.07) is 12.0. The van der Waals surface area contributed by atoms with E-state index >= 15 is 0 Å². The summed E-state index contributed by atoms with van der Waals surface area (Å²) in [4.78, 5) is 6.67. The van der Waals surface area contributed by atoms with Crippen LogP contribution in [0.4, 0.5) is 5.69 Å². The Morgan fingerprint density at radius 1 is 1.21 bits per heavy atom. The lowest BCUT2D eigenvalue weighted by Gasteiger charge is -2.23. The molecule has 0 aliphatic heterocycles. The van der Waals surface area contributed by atoms with Crippen LogP contribution in [0.1, 0.15) is 43.9 Å². The molecule has 0 aliphatic rings. The van der Waals surface area contributed by atoms with E-state index in [2.05, 4.69) is 30.3 Å². The van der Waals surface area contributed by atoms with E-state index in [1.165, 1.54) is 0 Å². The van der Waals surface area contributed by atoms with E-state index in [0.717, 1.165) is 28.1 Å². The maximum absolute atomic E-state index is 10.6. The van der Waals surface area contributed by atoms with Crippen molar-refractivity contribution in [2.75, 3.05) is 7.05 Å². The Bertz CT molecular complexity index is 854. The third-order valence-corrected chi connectivity index (χ3v) is 4.91. The molecule has 0 aliphatic carbocycles. The van der Waals surface area contributed by atoms with Gasteiger partial charge in [0.1, 0.15) is 11.5 Å². The Kier molecular flexibility index (Phi) is 7.03. The molecule has 0 spiro atoms. The van der Waals surface area contributed by atoms with Crippen molar-refractivity contribution in [2.24, 2.45) is 4.99 Å². The van der Waals surface area contributed by atoms with Crippen LogP contribution in [-0.4, -0.2) is 29.4 Å². The molecular weight excluding hydrogens is 348 g/mol. The molecule has 0 radical (unpaired) electrons. The zero-order valence-electron chi connectivity index (χ0n) is 17.9. The van der Waals surface area contributed by atoms with Crippen LogP contribution in [0.3, 0.4) is 0 Å². The summed E-state index contributed by atoms with van der Waals surface area (Å²) in [7, 11) is 2.02. The van der Waals surface area contributed by atoms with Gasteiger partial charge in [0.15, 0.2) is 0 Å². The highest BCUT2D eigenvalue weighted by Gasteiger charge is 2.21. The largest absolute Gasteiger partial charge is 0.457 e. The minimum atomic E-state index is -0.965. The van der Waals surface area contributed by atoms with Gasteiger partial charge in [-0.1, -0.05) is 18.2 Å². The van der Waals surface area contributed by atoms with Gasteiger partial charge in [0.25, 0.3) is 0 Å². The number of benzene rings is 2. The topological polar surface area (TPSA) is 45.1 Å². The first-order chi connectivity index (χ1) is 13.1. The van der Waals surface area contributed by atoms with E-state index in [9.17, 15) is 5.11 Å². The van der Waals surface area contributed by atoms with Crippen LogP contribution in [0.15, 0.2) is 54.0 Å². The van der Waals surface area contributed by atoms with Crippen LogP contribution in [0.25, 0.3) is 0 Å². The van der Waals surface area contributed by atoms with Gasteiger partial charge < -0.3 is 14.7 Å². The zero-order valence-corrected chi connectivity index (χ0v) is 17.9. The Labute approximate surface area is 169 Å². The average Bonchev–Trinajstić information content (AvgIpc) is 2.63. The van der Waals surface area contributed by atoms with Crippen molar-refractivity contribution < 1.29 is 9.84 Å². The van der Waals surface area contributed by atoms with Crippen LogP contribution in [0, 0.1) is 13.8 Å². The number of nitrogens with zero attached hydrogens (tertiary/aromatic N) is 2. The van der Waals surface area contributed by atoms with E-state index in [4.69, 9.17) is 4.74 Å². The summed E-state index contributed by atoms with van der Waals surface area (Å²) >= 11 is 0. The van der Waals surface area contributed by atoms with Crippen LogP contribution >= 0.6 is 0 Å². The van der Waals surface area contributed by atoms with Gasteiger partial charge in [-0.15, -0.1) is 6.58 Å². The fraction of sp³-hybridized carbons (Fsp3) is 0.375. The Balaban J connectivity index is 2.26. The van der Waals surface area contributed by atoms with E-state index in [-0.39, 0.29) is 0 Å². The number of rotatable bonds is 8. The molecule has 0 saturated carbocycles. The number of aliphatic imine (C=N–C) groups is 1. The van der Waals surface area contributed by atoms with E-state index in [1.807, 2.05) is 63.6 Å². The van der Waals surface area contributed by atoms with Gasteiger partial charge in [-0.25, -0.2) is 4.99 Å². The second-order valence-electron chi connectivity index (χ2n) is 7.80. The molecule has 0 fully saturated rings. The molecule has 1 N–H and O–H groups in total. The van der Waals surface area contributed by atoms with Gasteiger partial charge in [-0.2, -0.15) is 0 Å². The summed E-state index contributed by atoms with van der Waals surface area (Å²) in [5.74, 6) is 1.48. The highest BCUT2D eigenvalue weighted by Crippen LogP contribution is 2.33. The summed E-state index contributed by atoms with van der Waals surface area (Å²) in [5.41, 5.74) is 2.82. The molecule has 0 amide bonds. The van der Waals surface area contributed by atoms with Crippen molar-refractivity contribution in [2.45, 2.75) is 52.7 Å². The van der Waals surface area contributed by atoms with Crippen LogP contribution in [0.2, 0.25) is 0 Å². The third-order valence-electron chi connectivity index (χ3n) is 4.91. The summed E-state index contributed by atoms with van der Waals surface area (Å²) in [6.07, 6.45) is 4.06. The monoisotopic (exact) mass is 380 g/mol. The first-order valence-corrected chi connectivity index (χ1v) is 9.63. The number of hydrogen-bond donors (Lipinski definition) is 1. The maximum atomic E-state index is 10.6. The van der Waals surface area contributed by atoms with Crippen LogP contribution in [-0.2, 0) is 5.60 Å². The van der Waals surface area contributed by atoms with Crippen molar-refractivity contribution in [1.29, 1.82) is 0 Å². The van der Waals surface area contributed by atoms with E-state index in [0.29, 0.717) is 18.2 Å². The molecule has 1 atom stereocenters. The lowest BCUT2D eigenvalue weighted by molar-refractivity contribution is 0.0604. The molecule has 150 valence electrons. The van der Waals surface area contributed by atoms with Gasteiger partial charge in [0.2, 0.25) is 0 Å². The smallest absolute Gasteiger partial charge is 0.130 e. The summed E-state index contributed by atoms with van der Waals surface area (Å²) in [5, 5.41) is 10.6. The second kappa shape index (κ2) is 9.07. The van der Waals surface area contributed by atoms with Crippen LogP contribution in [0.5, 0.6) is 11.5 Å². The normalized spacial score (nSPS) is 13.6. The predicted molar refractivity (Wildman–Crippen MR) is 118 cm³/mol. The molecule has 1 unspecified atom stereocenters. The van der Waals surface area contributed by atoms with Gasteiger partial charge in [0.05, 0.1) is 17.6 Å². The Morgan fingerprint density at radius 3 is 2.57 bits per heavy atom. The van der Waals surface area contributed by atoms with Crippen molar-refractivity contribution in [1.82, 2.24) is 4.90 Å². The molecule has 28 heavy (non-hydrogen) atoms. The fourth-order valence-electron chi connectivity index (χ4n) is 2.73. The maximum Gasteiger partial charge on any atom is 0.130 e. The number of aryl methyl sites for hydroxylation is 2. The molecule has 4 heteroatoms. The predicted octanol–water partition coefficient (Wildman–Crippen LogP) is 5.88. The molecule has 0 aromatic heterocycles. The summed E-state index contributed by atoms with van der Waals surface area (Å²) in [6.45, 7) is 13.8. The van der Waals surface area contributed by atoms with Crippen molar-refractivity contribution in [3.05, 3.63) is 65.7 Å².